The van der Waals surface area contributed by atoms with Crippen LogP contribution in [0.3, 0.4) is 0 Å². The monoisotopic (exact) mass is 507 g/mol. The topological polar surface area (TPSA) is 96.9 Å². The van der Waals surface area contributed by atoms with Gasteiger partial charge in [-0.2, -0.15) is 0 Å². The maximum atomic E-state index is 11.6. The number of alkyl carbamates (subject to hydrolysis) is 1. The Kier molecular flexibility index (Phi) is 11.8. The van der Waals surface area contributed by atoms with Gasteiger partial charge >= 0.3 is 6.09 Å². The normalized spacial score (nSPS) is 11.3. The number of guanidine groups is 1. The lowest BCUT2D eigenvalue weighted by Crippen LogP contribution is -2.39. The Hall–Kier alpha value is -1.78. The number of halogens is 1. The van der Waals surface area contributed by atoms with E-state index in [-0.39, 0.29) is 24.0 Å². The molecule has 0 bridgehead atoms. The molecule has 28 heavy (non-hydrogen) atoms. The van der Waals surface area contributed by atoms with Gasteiger partial charge in [0.1, 0.15) is 11.4 Å². The summed E-state index contributed by atoms with van der Waals surface area (Å²) >= 11 is 0. The first-order valence-corrected chi connectivity index (χ1v) is 9.08. The summed E-state index contributed by atoms with van der Waals surface area (Å²) in [7, 11) is 3.38. The van der Waals surface area contributed by atoms with E-state index in [4.69, 9.17) is 9.47 Å². The van der Waals surface area contributed by atoms with Crippen LogP contribution >= 0.6 is 24.0 Å². The maximum absolute atomic E-state index is 11.6. The quantitative estimate of drug-likeness (QED) is 0.227. The molecule has 0 aliphatic rings. The molecular formula is C19H34IN5O3. The lowest BCUT2D eigenvalue weighted by Gasteiger charge is -2.19. The molecule has 1 heterocycles. The molecule has 1 amide bonds. The van der Waals surface area contributed by atoms with Gasteiger partial charge in [-0.05, 0) is 41.0 Å². The van der Waals surface area contributed by atoms with Crippen LogP contribution < -0.4 is 20.7 Å². The van der Waals surface area contributed by atoms with Gasteiger partial charge in [-0.25, -0.2) is 4.79 Å². The van der Waals surface area contributed by atoms with Gasteiger partial charge in [0, 0.05) is 37.5 Å². The lowest BCUT2D eigenvalue weighted by molar-refractivity contribution is 0.0527. The average Bonchev–Trinajstić information content (AvgIpc) is 2.57. The van der Waals surface area contributed by atoms with E-state index in [0.29, 0.717) is 25.6 Å². The molecule has 1 aromatic rings. The zero-order valence-corrected chi connectivity index (χ0v) is 20.3. The number of ether oxygens (including phenoxy) is 2. The van der Waals surface area contributed by atoms with Crippen molar-refractivity contribution in [2.45, 2.75) is 53.2 Å². The molecule has 9 heteroatoms. The third-order valence-electron chi connectivity index (χ3n) is 3.71. The Labute approximate surface area is 185 Å². The Bertz CT molecular complexity index is 660. The number of rotatable bonds is 7. The van der Waals surface area contributed by atoms with E-state index in [9.17, 15) is 4.79 Å². The van der Waals surface area contributed by atoms with Crippen molar-refractivity contribution in [1.82, 2.24) is 20.9 Å². The molecule has 0 saturated carbocycles. The molecule has 0 aromatic carbocycles. The number of hydrogen-bond acceptors (Lipinski definition) is 5. The van der Waals surface area contributed by atoms with Gasteiger partial charge in [0.2, 0.25) is 0 Å². The van der Waals surface area contributed by atoms with Gasteiger partial charge in [-0.1, -0.05) is 0 Å². The molecule has 1 aromatic heterocycles. The molecule has 0 fully saturated rings. The molecule has 160 valence electrons. The van der Waals surface area contributed by atoms with Gasteiger partial charge in [0.15, 0.2) is 5.96 Å². The lowest BCUT2D eigenvalue weighted by atomic mass is 10.1. The standard InChI is InChI=1S/C19H33N5O3.HI/c1-13-11-23-15(14(2)16(13)26-7)12-24-17(20-6)21-9-8-10-22-18(25)27-19(3,4)5;/h11H,8-10,12H2,1-7H3,(H,22,25)(H2,20,21,24);1H. The van der Waals surface area contributed by atoms with Crippen LogP contribution in [-0.2, 0) is 11.3 Å². The van der Waals surface area contributed by atoms with E-state index >= 15 is 0 Å². The highest BCUT2D eigenvalue weighted by molar-refractivity contribution is 14.0. The first kappa shape index (κ1) is 26.2. The van der Waals surface area contributed by atoms with Crippen LogP contribution in [0, 0.1) is 13.8 Å². The highest BCUT2D eigenvalue weighted by Crippen LogP contribution is 2.23. The Morgan fingerprint density at radius 1 is 1.18 bits per heavy atom. The number of aryl methyl sites for hydroxylation is 1. The molecule has 0 unspecified atom stereocenters. The summed E-state index contributed by atoms with van der Waals surface area (Å²) in [4.78, 5) is 20.2. The van der Waals surface area contributed by atoms with Crippen molar-refractivity contribution in [2.24, 2.45) is 4.99 Å². The van der Waals surface area contributed by atoms with E-state index in [0.717, 1.165) is 29.0 Å². The molecule has 0 aliphatic carbocycles. The summed E-state index contributed by atoms with van der Waals surface area (Å²) in [6.45, 7) is 11.2. The zero-order chi connectivity index (χ0) is 20.4. The predicted molar refractivity (Wildman–Crippen MR) is 123 cm³/mol. The highest BCUT2D eigenvalue weighted by atomic mass is 127. The molecule has 1 rings (SSSR count). The Morgan fingerprint density at radius 2 is 1.82 bits per heavy atom. The summed E-state index contributed by atoms with van der Waals surface area (Å²) < 4.78 is 10.6. The number of hydrogen-bond donors (Lipinski definition) is 3. The fourth-order valence-electron chi connectivity index (χ4n) is 2.44. The number of carbonyl (C=O) groups is 1. The number of carbonyl (C=O) groups excluding carboxylic acids is 1. The molecule has 0 aliphatic heterocycles. The van der Waals surface area contributed by atoms with Gasteiger partial charge < -0.3 is 25.4 Å². The van der Waals surface area contributed by atoms with Crippen LogP contribution in [0.2, 0.25) is 0 Å². The van der Waals surface area contributed by atoms with E-state index in [2.05, 4.69) is 25.9 Å². The molecule has 0 radical (unpaired) electrons. The van der Waals surface area contributed by atoms with Gasteiger partial charge in [-0.15, -0.1) is 24.0 Å². The van der Waals surface area contributed by atoms with Crippen LogP contribution in [0.5, 0.6) is 5.75 Å². The second-order valence-electron chi connectivity index (χ2n) is 7.18. The molecule has 0 saturated heterocycles. The number of methoxy groups -OCH3 is 1. The largest absolute Gasteiger partial charge is 0.496 e. The number of nitrogens with one attached hydrogen (secondary N) is 3. The van der Waals surface area contributed by atoms with E-state index in [1.807, 2.05) is 34.6 Å². The van der Waals surface area contributed by atoms with Crippen molar-refractivity contribution in [3.8, 4) is 5.75 Å². The minimum atomic E-state index is -0.487. The Morgan fingerprint density at radius 3 is 2.39 bits per heavy atom. The number of aliphatic imine (C=N–C) groups is 1. The van der Waals surface area contributed by atoms with Crippen LogP contribution in [0.4, 0.5) is 4.79 Å². The van der Waals surface area contributed by atoms with Gasteiger partial charge in [0.25, 0.3) is 0 Å². The summed E-state index contributed by atoms with van der Waals surface area (Å²) in [5.74, 6) is 1.53. The summed E-state index contributed by atoms with van der Waals surface area (Å²) in [5.41, 5.74) is 2.45. The van der Waals surface area contributed by atoms with Crippen molar-refractivity contribution in [2.75, 3.05) is 27.2 Å². The predicted octanol–water partition coefficient (Wildman–Crippen LogP) is 2.90. The third-order valence-corrected chi connectivity index (χ3v) is 3.71. The highest BCUT2D eigenvalue weighted by Gasteiger charge is 2.15. The maximum Gasteiger partial charge on any atom is 0.407 e. The van der Waals surface area contributed by atoms with Gasteiger partial charge in [-0.3, -0.25) is 9.98 Å². The second-order valence-corrected chi connectivity index (χ2v) is 7.18. The van der Waals surface area contributed by atoms with Crippen molar-refractivity contribution in [1.29, 1.82) is 0 Å². The minimum Gasteiger partial charge on any atom is -0.496 e. The summed E-state index contributed by atoms with van der Waals surface area (Å²) in [5, 5.41) is 9.17. The zero-order valence-electron chi connectivity index (χ0n) is 17.9. The molecule has 0 atom stereocenters. The van der Waals surface area contributed by atoms with Crippen molar-refractivity contribution in [3.05, 3.63) is 23.0 Å². The first-order chi connectivity index (χ1) is 12.7. The fraction of sp³-hybridized carbons (Fsp3) is 0.632. The van der Waals surface area contributed by atoms with Crippen LogP contribution in [0.15, 0.2) is 11.2 Å². The SMILES string of the molecule is CN=C(NCCCNC(=O)OC(C)(C)C)NCc1ncc(C)c(OC)c1C.I. The molecular weight excluding hydrogens is 473 g/mol. The number of nitrogens with zero attached hydrogens (tertiary/aromatic N) is 2. The Balaban J connectivity index is 0.00000729. The van der Waals surface area contributed by atoms with E-state index < -0.39 is 11.7 Å². The first-order valence-electron chi connectivity index (χ1n) is 9.08. The number of amides is 1. The van der Waals surface area contributed by atoms with Gasteiger partial charge in [0.05, 0.1) is 19.3 Å². The van der Waals surface area contributed by atoms with Crippen LogP contribution in [-0.4, -0.2) is 49.9 Å². The summed E-state index contributed by atoms with van der Waals surface area (Å²) in [6, 6.07) is 0. The van der Waals surface area contributed by atoms with Crippen molar-refractivity contribution >= 4 is 36.0 Å². The minimum absolute atomic E-state index is 0. The average molecular weight is 507 g/mol. The fourth-order valence-corrected chi connectivity index (χ4v) is 2.44. The van der Waals surface area contributed by atoms with E-state index in [1.165, 1.54) is 0 Å². The van der Waals surface area contributed by atoms with E-state index in [1.54, 1.807) is 20.4 Å². The van der Waals surface area contributed by atoms with Crippen LogP contribution in [0.1, 0.15) is 44.0 Å². The third kappa shape index (κ3) is 9.43. The second kappa shape index (κ2) is 12.6. The smallest absolute Gasteiger partial charge is 0.407 e. The van der Waals surface area contributed by atoms with Crippen molar-refractivity contribution in [3.63, 3.8) is 0 Å². The van der Waals surface area contributed by atoms with Crippen molar-refractivity contribution < 1.29 is 14.3 Å². The number of pyridine rings is 1. The molecule has 3 N–H and O–H groups in total. The molecule has 8 nitrogen and oxygen atoms in total. The molecule has 0 spiro atoms. The summed E-state index contributed by atoms with van der Waals surface area (Å²) in [6.07, 6.45) is 2.15. The number of aromatic nitrogens is 1. The van der Waals surface area contributed by atoms with Crippen LogP contribution in [0.25, 0.3) is 0 Å².